The number of aliphatic hydroxyl groups is 2. The summed E-state index contributed by atoms with van der Waals surface area (Å²) >= 11 is 0. The van der Waals surface area contributed by atoms with Gasteiger partial charge in [0, 0.05) is 13.2 Å². The van der Waals surface area contributed by atoms with Gasteiger partial charge in [-0.1, -0.05) is 43.7 Å². The zero-order valence-corrected chi connectivity index (χ0v) is 10.7. The monoisotopic (exact) mass is 236 g/mol. The first-order valence-electron chi connectivity index (χ1n) is 6.55. The Morgan fingerprint density at radius 2 is 1.76 bits per heavy atom. The summed E-state index contributed by atoms with van der Waals surface area (Å²) in [6.45, 7) is 2.60. The van der Waals surface area contributed by atoms with Crippen molar-refractivity contribution in [1.29, 1.82) is 0 Å². The van der Waals surface area contributed by atoms with Crippen molar-refractivity contribution in [3.8, 4) is 0 Å². The molecule has 2 nitrogen and oxygen atoms in total. The Balaban J connectivity index is 2.53. The minimum atomic E-state index is 0.235. The van der Waals surface area contributed by atoms with Crippen LogP contribution in [0.3, 0.4) is 0 Å². The van der Waals surface area contributed by atoms with E-state index in [4.69, 9.17) is 5.11 Å². The van der Waals surface area contributed by atoms with Crippen molar-refractivity contribution >= 4 is 0 Å². The molecule has 0 heterocycles. The fraction of sp³-hybridized carbons (Fsp3) is 0.600. The highest BCUT2D eigenvalue weighted by atomic mass is 16.3. The van der Waals surface area contributed by atoms with Crippen molar-refractivity contribution in [1.82, 2.24) is 0 Å². The van der Waals surface area contributed by atoms with E-state index in [1.54, 1.807) is 0 Å². The lowest BCUT2D eigenvalue weighted by atomic mass is 9.86. The normalized spacial score (nSPS) is 14.5. The van der Waals surface area contributed by atoms with E-state index in [9.17, 15) is 5.11 Å². The average Bonchev–Trinajstić information content (AvgIpc) is 2.37. The maximum Gasteiger partial charge on any atom is 0.0459 e. The predicted molar refractivity (Wildman–Crippen MR) is 70.8 cm³/mol. The molecule has 0 saturated heterocycles. The van der Waals surface area contributed by atoms with Crippen molar-refractivity contribution in [2.24, 2.45) is 11.8 Å². The lowest BCUT2D eigenvalue weighted by Gasteiger charge is -2.21. The molecule has 2 heteroatoms. The standard InChI is InChI=1S/C15H24O2/c1-2-13(12-17)10-15(8-9-16)11-14-6-4-3-5-7-14/h3-7,13,15-17H,2,8-12H2,1H3. The third-order valence-electron chi connectivity index (χ3n) is 3.41. The van der Waals surface area contributed by atoms with Gasteiger partial charge in [0.15, 0.2) is 0 Å². The Morgan fingerprint density at radius 3 is 2.29 bits per heavy atom. The van der Waals surface area contributed by atoms with Crippen LogP contribution in [0.4, 0.5) is 0 Å². The smallest absolute Gasteiger partial charge is 0.0459 e. The maximum atomic E-state index is 9.25. The predicted octanol–water partition coefficient (Wildman–Crippen LogP) is 2.64. The van der Waals surface area contributed by atoms with Crippen LogP contribution in [-0.2, 0) is 6.42 Å². The van der Waals surface area contributed by atoms with Crippen molar-refractivity contribution in [3.63, 3.8) is 0 Å². The average molecular weight is 236 g/mol. The molecule has 0 spiro atoms. The highest BCUT2D eigenvalue weighted by Crippen LogP contribution is 2.22. The van der Waals surface area contributed by atoms with Crippen LogP contribution in [0.1, 0.15) is 31.7 Å². The molecular weight excluding hydrogens is 212 g/mol. The summed E-state index contributed by atoms with van der Waals surface area (Å²) in [7, 11) is 0. The third kappa shape index (κ3) is 5.33. The molecule has 1 rings (SSSR count). The highest BCUT2D eigenvalue weighted by molar-refractivity contribution is 5.15. The number of aliphatic hydroxyl groups excluding tert-OH is 2. The number of rotatable bonds is 8. The molecule has 2 unspecified atom stereocenters. The molecule has 0 radical (unpaired) electrons. The Hall–Kier alpha value is -0.860. The molecule has 0 saturated carbocycles. The molecule has 0 amide bonds. The van der Waals surface area contributed by atoms with E-state index < -0.39 is 0 Å². The van der Waals surface area contributed by atoms with Gasteiger partial charge < -0.3 is 10.2 Å². The van der Waals surface area contributed by atoms with Crippen molar-refractivity contribution < 1.29 is 10.2 Å². The molecule has 17 heavy (non-hydrogen) atoms. The summed E-state index contributed by atoms with van der Waals surface area (Å²) in [5, 5.41) is 18.4. The molecular formula is C15H24O2. The first kappa shape index (κ1) is 14.2. The van der Waals surface area contributed by atoms with Gasteiger partial charge >= 0.3 is 0 Å². The molecule has 1 aromatic rings. The van der Waals surface area contributed by atoms with E-state index in [0.717, 1.165) is 25.7 Å². The first-order chi connectivity index (χ1) is 8.30. The van der Waals surface area contributed by atoms with Crippen LogP contribution in [0, 0.1) is 11.8 Å². The van der Waals surface area contributed by atoms with Crippen molar-refractivity contribution in [2.75, 3.05) is 13.2 Å². The van der Waals surface area contributed by atoms with Gasteiger partial charge in [-0.2, -0.15) is 0 Å². The third-order valence-corrected chi connectivity index (χ3v) is 3.41. The minimum Gasteiger partial charge on any atom is -0.396 e. The molecule has 0 aliphatic heterocycles. The second-order valence-corrected chi connectivity index (χ2v) is 4.76. The molecule has 96 valence electrons. The summed E-state index contributed by atoms with van der Waals surface area (Å²) < 4.78 is 0. The second kappa shape index (κ2) is 8.26. The van der Waals surface area contributed by atoms with Gasteiger partial charge in [-0.05, 0) is 36.7 Å². The zero-order valence-electron chi connectivity index (χ0n) is 10.7. The van der Waals surface area contributed by atoms with E-state index in [0.29, 0.717) is 11.8 Å². The van der Waals surface area contributed by atoms with E-state index >= 15 is 0 Å². The summed E-state index contributed by atoms with van der Waals surface area (Å²) in [6.07, 6.45) is 3.83. The van der Waals surface area contributed by atoms with Gasteiger partial charge in [0.1, 0.15) is 0 Å². The van der Waals surface area contributed by atoms with E-state index in [2.05, 4.69) is 31.2 Å². The molecule has 0 bridgehead atoms. The van der Waals surface area contributed by atoms with Crippen LogP contribution >= 0.6 is 0 Å². The second-order valence-electron chi connectivity index (χ2n) is 4.76. The lowest BCUT2D eigenvalue weighted by molar-refractivity contribution is 0.179. The minimum absolute atomic E-state index is 0.235. The Kier molecular flexibility index (Phi) is 6.90. The molecule has 2 N–H and O–H groups in total. The topological polar surface area (TPSA) is 40.5 Å². The van der Waals surface area contributed by atoms with Crippen LogP contribution in [0.5, 0.6) is 0 Å². The highest BCUT2D eigenvalue weighted by Gasteiger charge is 2.15. The lowest BCUT2D eigenvalue weighted by Crippen LogP contribution is -2.15. The fourth-order valence-corrected chi connectivity index (χ4v) is 2.27. The Morgan fingerprint density at radius 1 is 1.06 bits per heavy atom. The van der Waals surface area contributed by atoms with Crippen LogP contribution in [0.15, 0.2) is 30.3 Å². The quantitative estimate of drug-likeness (QED) is 0.728. The molecule has 2 atom stereocenters. The van der Waals surface area contributed by atoms with Gasteiger partial charge in [-0.25, -0.2) is 0 Å². The number of hydrogen-bond donors (Lipinski definition) is 2. The maximum absolute atomic E-state index is 9.25. The van der Waals surface area contributed by atoms with Crippen LogP contribution in [0.2, 0.25) is 0 Å². The van der Waals surface area contributed by atoms with Crippen LogP contribution < -0.4 is 0 Å². The first-order valence-corrected chi connectivity index (χ1v) is 6.55. The summed E-state index contributed by atoms with van der Waals surface area (Å²) in [5.41, 5.74) is 1.32. The summed E-state index contributed by atoms with van der Waals surface area (Å²) in [6, 6.07) is 10.4. The van der Waals surface area contributed by atoms with Crippen LogP contribution in [-0.4, -0.2) is 23.4 Å². The number of benzene rings is 1. The summed E-state index contributed by atoms with van der Waals surface area (Å²) in [5.74, 6) is 0.842. The van der Waals surface area contributed by atoms with E-state index in [1.807, 2.05) is 6.07 Å². The van der Waals surface area contributed by atoms with Gasteiger partial charge in [0.05, 0.1) is 0 Å². The van der Waals surface area contributed by atoms with Gasteiger partial charge in [-0.15, -0.1) is 0 Å². The number of hydrogen-bond acceptors (Lipinski definition) is 2. The van der Waals surface area contributed by atoms with Crippen molar-refractivity contribution in [3.05, 3.63) is 35.9 Å². The van der Waals surface area contributed by atoms with E-state index in [1.165, 1.54) is 5.56 Å². The SMILES string of the molecule is CCC(CO)CC(CCO)Cc1ccccc1. The molecule has 0 aliphatic rings. The fourth-order valence-electron chi connectivity index (χ4n) is 2.27. The zero-order chi connectivity index (χ0) is 12.5. The Bertz CT molecular complexity index is 280. The van der Waals surface area contributed by atoms with Gasteiger partial charge in [0.25, 0.3) is 0 Å². The molecule has 0 aromatic heterocycles. The molecule has 1 aromatic carbocycles. The van der Waals surface area contributed by atoms with Gasteiger partial charge in [0.2, 0.25) is 0 Å². The molecule has 0 aliphatic carbocycles. The van der Waals surface area contributed by atoms with E-state index in [-0.39, 0.29) is 13.2 Å². The van der Waals surface area contributed by atoms with Gasteiger partial charge in [-0.3, -0.25) is 0 Å². The summed E-state index contributed by atoms with van der Waals surface area (Å²) in [4.78, 5) is 0. The molecule has 0 fully saturated rings. The largest absolute Gasteiger partial charge is 0.396 e. The Labute approximate surface area is 104 Å². The van der Waals surface area contributed by atoms with Crippen molar-refractivity contribution in [2.45, 2.75) is 32.6 Å². The van der Waals surface area contributed by atoms with Crippen LogP contribution in [0.25, 0.3) is 0 Å².